The fourth-order valence-electron chi connectivity index (χ4n) is 2.02. The Morgan fingerprint density at radius 2 is 1.60 bits per heavy atom. The molecule has 0 aromatic heterocycles. The molecule has 0 saturated carbocycles. The molecule has 106 valence electrons. The third-order valence-electron chi connectivity index (χ3n) is 3.29. The van der Waals surface area contributed by atoms with Crippen LogP contribution < -0.4 is 5.32 Å². The van der Waals surface area contributed by atoms with Crippen molar-refractivity contribution in [2.45, 2.75) is 32.9 Å². The lowest BCUT2D eigenvalue weighted by atomic mass is 10.0. The van der Waals surface area contributed by atoms with Gasteiger partial charge in [0.2, 0.25) is 0 Å². The van der Waals surface area contributed by atoms with Crippen molar-refractivity contribution in [2.24, 2.45) is 0 Å². The minimum atomic E-state index is -0.217. The average molecular weight is 336 g/mol. The van der Waals surface area contributed by atoms with Gasteiger partial charge in [0.1, 0.15) is 5.82 Å². The lowest BCUT2D eigenvalue weighted by molar-refractivity contribution is 0.614. The van der Waals surface area contributed by atoms with Gasteiger partial charge in [-0.3, -0.25) is 0 Å². The summed E-state index contributed by atoms with van der Waals surface area (Å²) in [6.45, 7) is 5.83. The molecule has 2 aromatic carbocycles. The van der Waals surface area contributed by atoms with Gasteiger partial charge in [0, 0.05) is 13.1 Å². The van der Waals surface area contributed by atoms with E-state index in [0.29, 0.717) is 16.9 Å². The van der Waals surface area contributed by atoms with E-state index in [0.717, 1.165) is 12.1 Å². The first-order valence-electron chi connectivity index (χ1n) is 6.79. The number of rotatable bonds is 5. The van der Waals surface area contributed by atoms with E-state index in [2.05, 4.69) is 59.4 Å². The fraction of sp³-hybridized carbons (Fsp3) is 0.294. The lowest BCUT2D eigenvalue weighted by Crippen LogP contribution is -2.12. The first-order chi connectivity index (χ1) is 9.56. The van der Waals surface area contributed by atoms with Crippen molar-refractivity contribution in [3.05, 3.63) is 69.4 Å². The molecule has 2 aromatic rings. The molecule has 0 radical (unpaired) electrons. The molecule has 0 saturated heterocycles. The smallest absolute Gasteiger partial charge is 0.137 e. The van der Waals surface area contributed by atoms with Gasteiger partial charge in [0.25, 0.3) is 0 Å². The van der Waals surface area contributed by atoms with E-state index in [1.807, 2.05) is 6.07 Å². The quantitative estimate of drug-likeness (QED) is 0.810. The van der Waals surface area contributed by atoms with Gasteiger partial charge in [-0.1, -0.05) is 44.2 Å². The van der Waals surface area contributed by atoms with Gasteiger partial charge < -0.3 is 5.32 Å². The molecule has 0 aliphatic rings. The standard InChI is InChI=1S/C17H19BrFN/c1-12(2)15-6-3-13(4-7-15)10-20-11-14-5-8-16(18)17(19)9-14/h3-9,12,20H,10-11H2,1-2H3. The monoisotopic (exact) mass is 335 g/mol. The van der Waals surface area contributed by atoms with Gasteiger partial charge in [-0.15, -0.1) is 0 Å². The predicted molar refractivity (Wildman–Crippen MR) is 85.2 cm³/mol. The van der Waals surface area contributed by atoms with Crippen LogP contribution in [-0.2, 0) is 13.1 Å². The van der Waals surface area contributed by atoms with E-state index in [1.165, 1.54) is 11.1 Å². The molecule has 0 spiro atoms. The Labute approximate surface area is 128 Å². The van der Waals surface area contributed by atoms with Gasteiger partial charge in [-0.05, 0) is 50.7 Å². The molecule has 3 heteroatoms. The van der Waals surface area contributed by atoms with E-state index in [4.69, 9.17) is 0 Å². The second-order valence-electron chi connectivity index (χ2n) is 5.25. The highest BCUT2D eigenvalue weighted by molar-refractivity contribution is 9.10. The molecule has 1 nitrogen and oxygen atoms in total. The molecule has 0 unspecified atom stereocenters. The van der Waals surface area contributed by atoms with E-state index in [1.54, 1.807) is 12.1 Å². The first kappa shape index (κ1) is 15.2. The summed E-state index contributed by atoms with van der Waals surface area (Å²) in [4.78, 5) is 0. The SMILES string of the molecule is CC(C)c1ccc(CNCc2ccc(Br)c(F)c2)cc1. The summed E-state index contributed by atoms with van der Waals surface area (Å²) in [6, 6.07) is 13.8. The van der Waals surface area contributed by atoms with Crippen LogP contribution in [0.3, 0.4) is 0 Å². The van der Waals surface area contributed by atoms with E-state index < -0.39 is 0 Å². The summed E-state index contributed by atoms with van der Waals surface area (Å²) in [5.74, 6) is 0.341. The van der Waals surface area contributed by atoms with Crippen molar-refractivity contribution in [3.8, 4) is 0 Å². The number of hydrogen-bond donors (Lipinski definition) is 1. The molecular weight excluding hydrogens is 317 g/mol. The zero-order valence-electron chi connectivity index (χ0n) is 11.8. The number of benzene rings is 2. The fourth-order valence-corrected chi connectivity index (χ4v) is 2.27. The van der Waals surface area contributed by atoms with E-state index in [9.17, 15) is 4.39 Å². The minimum Gasteiger partial charge on any atom is -0.309 e. The van der Waals surface area contributed by atoms with Crippen LogP contribution in [0.1, 0.15) is 36.5 Å². The van der Waals surface area contributed by atoms with Crippen molar-refractivity contribution in [1.29, 1.82) is 0 Å². The van der Waals surface area contributed by atoms with Crippen molar-refractivity contribution < 1.29 is 4.39 Å². The Balaban J connectivity index is 1.87. The number of nitrogens with one attached hydrogen (secondary N) is 1. The third kappa shape index (κ3) is 4.15. The first-order valence-corrected chi connectivity index (χ1v) is 7.59. The molecule has 20 heavy (non-hydrogen) atoms. The van der Waals surface area contributed by atoms with Crippen molar-refractivity contribution >= 4 is 15.9 Å². The topological polar surface area (TPSA) is 12.0 Å². The van der Waals surface area contributed by atoms with Crippen LogP contribution in [0.15, 0.2) is 46.9 Å². The lowest BCUT2D eigenvalue weighted by Gasteiger charge is -2.08. The van der Waals surface area contributed by atoms with Gasteiger partial charge in [-0.2, -0.15) is 0 Å². The highest BCUT2D eigenvalue weighted by Crippen LogP contribution is 2.17. The normalized spacial score (nSPS) is 11.1. The molecule has 2 rings (SSSR count). The van der Waals surface area contributed by atoms with Gasteiger partial charge in [0.15, 0.2) is 0 Å². The largest absolute Gasteiger partial charge is 0.309 e. The Kier molecular flexibility index (Phi) is 5.32. The van der Waals surface area contributed by atoms with Gasteiger partial charge in [0.05, 0.1) is 4.47 Å². The highest BCUT2D eigenvalue weighted by Gasteiger charge is 2.01. The maximum atomic E-state index is 13.4. The van der Waals surface area contributed by atoms with Crippen LogP contribution in [0, 0.1) is 5.82 Å². The molecule has 0 amide bonds. The van der Waals surface area contributed by atoms with E-state index in [-0.39, 0.29) is 5.82 Å². The Morgan fingerprint density at radius 1 is 1.00 bits per heavy atom. The maximum Gasteiger partial charge on any atom is 0.137 e. The molecule has 0 fully saturated rings. The Bertz CT molecular complexity index is 564. The van der Waals surface area contributed by atoms with Crippen LogP contribution in [0.2, 0.25) is 0 Å². The Morgan fingerprint density at radius 3 is 2.20 bits per heavy atom. The molecule has 0 heterocycles. The predicted octanol–water partition coefficient (Wildman–Crippen LogP) is 5.00. The molecule has 0 aliphatic heterocycles. The summed E-state index contributed by atoms with van der Waals surface area (Å²) in [5, 5.41) is 3.33. The summed E-state index contributed by atoms with van der Waals surface area (Å²) in [7, 11) is 0. The average Bonchev–Trinajstić information content (AvgIpc) is 2.43. The van der Waals surface area contributed by atoms with Crippen molar-refractivity contribution in [3.63, 3.8) is 0 Å². The van der Waals surface area contributed by atoms with E-state index >= 15 is 0 Å². The van der Waals surface area contributed by atoms with Gasteiger partial charge in [-0.25, -0.2) is 4.39 Å². The third-order valence-corrected chi connectivity index (χ3v) is 3.93. The van der Waals surface area contributed by atoms with Crippen LogP contribution in [0.25, 0.3) is 0 Å². The number of hydrogen-bond acceptors (Lipinski definition) is 1. The number of halogens is 2. The highest BCUT2D eigenvalue weighted by atomic mass is 79.9. The molecule has 0 aliphatic carbocycles. The summed E-state index contributed by atoms with van der Waals surface area (Å²) >= 11 is 3.16. The van der Waals surface area contributed by atoms with Crippen LogP contribution >= 0.6 is 15.9 Å². The zero-order valence-corrected chi connectivity index (χ0v) is 13.4. The molecule has 1 N–H and O–H groups in total. The zero-order chi connectivity index (χ0) is 14.5. The minimum absolute atomic E-state index is 0.217. The second kappa shape index (κ2) is 7.00. The summed E-state index contributed by atoms with van der Waals surface area (Å²) in [6.07, 6.45) is 0. The molecule has 0 atom stereocenters. The van der Waals surface area contributed by atoms with Crippen LogP contribution in [0.4, 0.5) is 4.39 Å². The van der Waals surface area contributed by atoms with Crippen molar-refractivity contribution in [1.82, 2.24) is 5.32 Å². The summed E-state index contributed by atoms with van der Waals surface area (Å²) in [5.41, 5.74) is 3.54. The molecular formula is C17H19BrFN. The molecule has 0 bridgehead atoms. The summed E-state index contributed by atoms with van der Waals surface area (Å²) < 4.78 is 13.9. The maximum absolute atomic E-state index is 13.4. The van der Waals surface area contributed by atoms with Crippen LogP contribution in [0.5, 0.6) is 0 Å². The Hall–Kier alpha value is -1.19. The second-order valence-corrected chi connectivity index (χ2v) is 6.10. The van der Waals surface area contributed by atoms with Crippen molar-refractivity contribution in [2.75, 3.05) is 0 Å². The van der Waals surface area contributed by atoms with Crippen LogP contribution in [-0.4, -0.2) is 0 Å². The van der Waals surface area contributed by atoms with Gasteiger partial charge >= 0.3 is 0 Å².